The van der Waals surface area contributed by atoms with Crippen LogP contribution >= 0.6 is 27.5 Å². The third kappa shape index (κ3) is 3.34. The molecule has 2 aromatic rings. The lowest BCUT2D eigenvalue weighted by molar-refractivity contribution is 0.379. The van der Waals surface area contributed by atoms with Gasteiger partial charge in [-0.15, -0.1) is 0 Å². The molecule has 0 spiro atoms. The molecule has 5 heteroatoms. The predicted molar refractivity (Wildman–Crippen MR) is 89.6 cm³/mol. The Kier molecular flexibility index (Phi) is 5.51. The van der Waals surface area contributed by atoms with Gasteiger partial charge in [0.1, 0.15) is 11.5 Å². The van der Waals surface area contributed by atoms with E-state index in [9.17, 15) is 0 Å². The Labute approximate surface area is 138 Å². The van der Waals surface area contributed by atoms with E-state index in [0.29, 0.717) is 5.02 Å². The highest BCUT2D eigenvalue weighted by atomic mass is 79.9. The minimum absolute atomic E-state index is 0.0818. The lowest BCUT2D eigenvalue weighted by Gasteiger charge is -2.22. The van der Waals surface area contributed by atoms with Gasteiger partial charge in [0.2, 0.25) is 0 Å². The molecule has 0 amide bonds. The molecular formula is C16H17BrClNO2. The Morgan fingerprint density at radius 2 is 1.71 bits per heavy atom. The molecule has 0 radical (unpaired) electrons. The maximum atomic E-state index is 6.21. The summed E-state index contributed by atoms with van der Waals surface area (Å²) in [5.74, 6) is 1.54. The first-order valence-electron chi connectivity index (χ1n) is 6.45. The molecule has 1 unspecified atom stereocenters. The summed E-state index contributed by atoms with van der Waals surface area (Å²) in [5, 5.41) is 3.96. The van der Waals surface area contributed by atoms with Gasteiger partial charge in [0, 0.05) is 4.47 Å². The maximum absolute atomic E-state index is 6.21. The van der Waals surface area contributed by atoms with Crippen molar-refractivity contribution >= 4 is 27.5 Å². The van der Waals surface area contributed by atoms with Crippen molar-refractivity contribution in [3.05, 3.63) is 57.0 Å². The number of hydrogen-bond donors (Lipinski definition) is 1. The molecule has 21 heavy (non-hydrogen) atoms. The largest absolute Gasteiger partial charge is 0.496 e. The van der Waals surface area contributed by atoms with Crippen LogP contribution in [0.15, 0.2) is 40.9 Å². The van der Waals surface area contributed by atoms with E-state index in [1.54, 1.807) is 14.2 Å². The summed E-state index contributed by atoms with van der Waals surface area (Å²) < 4.78 is 11.8. The summed E-state index contributed by atoms with van der Waals surface area (Å²) in [6.45, 7) is 0. The second-order valence-electron chi connectivity index (χ2n) is 4.47. The van der Waals surface area contributed by atoms with Crippen molar-refractivity contribution in [3.8, 4) is 11.5 Å². The van der Waals surface area contributed by atoms with Crippen LogP contribution < -0.4 is 14.8 Å². The van der Waals surface area contributed by atoms with E-state index in [1.165, 1.54) is 0 Å². The highest BCUT2D eigenvalue weighted by Crippen LogP contribution is 2.38. The number of rotatable bonds is 5. The number of hydrogen-bond acceptors (Lipinski definition) is 3. The lowest BCUT2D eigenvalue weighted by atomic mass is 9.97. The Morgan fingerprint density at radius 1 is 1.10 bits per heavy atom. The number of nitrogens with one attached hydrogen (secondary N) is 1. The van der Waals surface area contributed by atoms with Crippen molar-refractivity contribution in [2.24, 2.45) is 0 Å². The summed E-state index contributed by atoms with van der Waals surface area (Å²) >= 11 is 9.62. The zero-order valence-electron chi connectivity index (χ0n) is 12.1. The molecule has 0 saturated carbocycles. The van der Waals surface area contributed by atoms with Gasteiger partial charge in [-0.3, -0.25) is 0 Å². The van der Waals surface area contributed by atoms with Crippen LogP contribution in [0.4, 0.5) is 0 Å². The van der Waals surface area contributed by atoms with Gasteiger partial charge in [0.15, 0.2) is 0 Å². The van der Waals surface area contributed by atoms with Crippen molar-refractivity contribution in [1.82, 2.24) is 5.32 Å². The monoisotopic (exact) mass is 369 g/mol. The molecule has 0 aliphatic carbocycles. The van der Waals surface area contributed by atoms with E-state index < -0.39 is 0 Å². The molecule has 2 aromatic carbocycles. The van der Waals surface area contributed by atoms with E-state index >= 15 is 0 Å². The van der Waals surface area contributed by atoms with E-state index in [-0.39, 0.29) is 6.04 Å². The van der Waals surface area contributed by atoms with Gasteiger partial charge in [0.25, 0.3) is 0 Å². The highest BCUT2D eigenvalue weighted by molar-refractivity contribution is 9.10. The maximum Gasteiger partial charge on any atom is 0.127 e. The van der Waals surface area contributed by atoms with Gasteiger partial charge in [0.05, 0.1) is 30.8 Å². The number of benzene rings is 2. The summed E-state index contributed by atoms with van der Waals surface area (Å²) in [6, 6.07) is 11.5. The zero-order valence-corrected chi connectivity index (χ0v) is 14.5. The van der Waals surface area contributed by atoms with Gasteiger partial charge >= 0.3 is 0 Å². The Balaban J connectivity index is 2.57. The molecule has 3 nitrogen and oxygen atoms in total. The van der Waals surface area contributed by atoms with Crippen molar-refractivity contribution < 1.29 is 9.47 Å². The van der Waals surface area contributed by atoms with Gasteiger partial charge in [-0.1, -0.05) is 23.7 Å². The topological polar surface area (TPSA) is 30.5 Å². The molecule has 1 N–H and O–H groups in total. The smallest absolute Gasteiger partial charge is 0.127 e. The summed E-state index contributed by atoms with van der Waals surface area (Å²) in [6.07, 6.45) is 0. The molecule has 0 heterocycles. The predicted octanol–water partition coefficient (Wildman–Crippen LogP) is 4.43. The molecule has 112 valence electrons. The minimum Gasteiger partial charge on any atom is -0.496 e. The SMILES string of the molecule is CNC(c1ccc(Br)c(Cl)c1)c1c(OC)cccc1OC. The van der Waals surface area contributed by atoms with Crippen LogP contribution in [-0.4, -0.2) is 21.3 Å². The van der Waals surface area contributed by atoms with Crippen LogP contribution in [0, 0.1) is 0 Å². The van der Waals surface area contributed by atoms with Crippen LogP contribution in [0.2, 0.25) is 5.02 Å². The molecule has 2 rings (SSSR count). The van der Waals surface area contributed by atoms with E-state index in [2.05, 4.69) is 21.2 Å². The lowest BCUT2D eigenvalue weighted by Crippen LogP contribution is -2.19. The van der Waals surface area contributed by atoms with Crippen LogP contribution in [0.25, 0.3) is 0 Å². The fourth-order valence-electron chi connectivity index (χ4n) is 2.33. The van der Waals surface area contributed by atoms with Crippen LogP contribution in [0.1, 0.15) is 17.2 Å². The zero-order chi connectivity index (χ0) is 15.4. The van der Waals surface area contributed by atoms with E-state index in [0.717, 1.165) is 27.1 Å². The first-order valence-corrected chi connectivity index (χ1v) is 7.62. The quantitative estimate of drug-likeness (QED) is 0.844. The molecule has 0 aliphatic heterocycles. The fraction of sp³-hybridized carbons (Fsp3) is 0.250. The van der Waals surface area contributed by atoms with Crippen molar-refractivity contribution in [3.63, 3.8) is 0 Å². The standard InChI is InChI=1S/C16H17BrClNO2/c1-19-16(10-7-8-11(17)12(18)9-10)15-13(20-2)5-4-6-14(15)21-3/h4-9,16,19H,1-3H3. The van der Waals surface area contributed by atoms with Crippen molar-refractivity contribution in [1.29, 1.82) is 0 Å². The van der Waals surface area contributed by atoms with Gasteiger partial charge in [-0.2, -0.15) is 0 Å². The normalized spacial score (nSPS) is 12.0. The minimum atomic E-state index is -0.0818. The third-order valence-corrected chi connectivity index (χ3v) is 4.55. The Hall–Kier alpha value is -1.23. The Bertz CT molecular complexity index is 611. The van der Waals surface area contributed by atoms with E-state index in [1.807, 2.05) is 43.4 Å². The first-order chi connectivity index (χ1) is 10.1. The van der Waals surface area contributed by atoms with E-state index in [4.69, 9.17) is 21.1 Å². The fourth-order valence-corrected chi connectivity index (χ4v) is 2.77. The molecule has 0 aliphatic rings. The molecular weight excluding hydrogens is 354 g/mol. The molecule has 1 atom stereocenters. The summed E-state index contributed by atoms with van der Waals surface area (Å²) in [4.78, 5) is 0. The molecule has 0 saturated heterocycles. The molecule has 0 aromatic heterocycles. The van der Waals surface area contributed by atoms with Gasteiger partial charge in [-0.25, -0.2) is 0 Å². The highest BCUT2D eigenvalue weighted by Gasteiger charge is 2.21. The first kappa shape index (κ1) is 16.1. The second-order valence-corrected chi connectivity index (χ2v) is 5.73. The van der Waals surface area contributed by atoms with Crippen LogP contribution in [0.3, 0.4) is 0 Å². The number of methoxy groups -OCH3 is 2. The Morgan fingerprint density at radius 3 is 2.19 bits per heavy atom. The molecule has 0 fully saturated rings. The van der Waals surface area contributed by atoms with Crippen LogP contribution in [0.5, 0.6) is 11.5 Å². The number of ether oxygens (including phenoxy) is 2. The van der Waals surface area contributed by atoms with Crippen LogP contribution in [-0.2, 0) is 0 Å². The number of halogens is 2. The van der Waals surface area contributed by atoms with Gasteiger partial charge < -0.3 is 14.8 Å². The molecule has 0 bridgehead atoms. The average molecular weight is 371 g/mol. The summed E-state index contributed by atoms with van der Waals surface area (Å²) in [7, 11) is 5.20. The summed E-state index contributed by atoms with van der Waals surface area (Å²) in [5.41, 5.74) is 1.98. The van der Waals surface area contributed by atoms with Crippen molar-refractivity contribution in [2.75, 3.05) is 21.3 Å². The van der Waals surface area contributed by atoms with Crippen molar-refractivity contribution in [2.45, 2.75) is 6.04 Å². The average Bonchev–Trinajstić information content (AvgIpc) is 2.51. The third-order valence-electron chi connectivity index (χ3n) is 3.32. The second kappa shape index (κ2) is 7.16. The van der Waals surface area contributed by atoms with Gasteiger partial charge in [-0.05, 0) is 52.8 Å².